The molecule has 1 aromatic carbocycles. The maximum absolute atomic E-state index is 11.6. The number of benzene rings is 1. The van der Waals surface area contributed by atoms with Gasteiger partial charge in [-0.2, -0.15) is 0 Å². The van der Waals surface area contributed by atoms with E-state index >= 15 is 0 Å². The van der Waals surface area contributed by atoms with E-state index in [1.54, 1.807) is 13.0 Å². The molecule has 1 heterocycles. The molecule has 1 fully saturated rings. The third-order valence-electron chi connectivity index (χ3n) is 3.81. The number of aliphatic hydroxyl groups is 1. The standard InChI is InChI=1S/C13H21N3O3S/c1-9-12(16-5-3-2-4-11(16)8-17)6-10(14)7-13(9)20(15,18)19/h6-7,11,17H,2-5,8,14H2,1H3,(H2,15,18,19). The highest BCUT2D eigenvalue weighted by Gasteiger charge is 2.25. The largest absolute Gasteiger partial charge is 0.399 e. The summed E-state index contributed by atoms with van der Waals surface area (Å²) < 4.78 is 23.3. The van der Waals surface area contributed by atoms with Crippen molar-refractivity contribution in [3.8, 4) is 0 Å². The van der Waals surface area contributed by atoms with E-state index in [2.05, 4.69) is 0 Å². The van der Waals surface area contributed by atoms with Crippen molar-refractivity contribution in [1.82, 2.24) is 0 Å². The van der Waals surface area contributed by atoms with E-state index in [-0.39, 0.29) is 17.5 Å². The van der Waals surface area contributed by atoms with E-state index in [4.69, 9.17) is 10.9 Å². The summed E-state index contributed by atoms with van der Waals surface area (Å²) in [6.07, 6.45) is 2.95. The molecule has 0 radical (unpaired) electrons. The maximum Gasteiger partial charge on any atom is 0.238 e. The van der Waals surface area contributed by atoms with Crippen LogP contribution in [0.15, 0.2) is 17.0 Å². The third kappa shape index (κ3) is 2.89. The van der Waals surface area contributed by atoms with Gasteiger partial charge in [-0.25, -0.2) is 13.6 Å². The van der Waals surface area contributed by atoms with Crippen molar-refractivity contribution in [2.45, 2.75) is 37.1 Å². The molecule has 112 valence electrons. The minimum absolute atomic E-state index is 0.00224. The Morgan fingerprint density at radius 2 is 2.10 bits per heavy atom. The lowest BCUT2D eigenvalue weighted by molar-refractivity contribution is 0.240. The lowest BCUT2D eigenvalue weighted by Gasteiger charge is -2.37. The smallest absolute Gasteiger partial charge is 0.238 e. The zero-order valence-electron chi connectivity index (χ0n) is 11.5. The Morgan fingerprint density at radius 1 is 1.40 bits per heavy atom. The minimum Gasteiger partial charge on any atom is -0.399 e. The minimum atomic E-state index is -3.81. The normalized spacial score (nSPS) is 20.1. The Hall–Kier alpha value is -1.31. The van der Waals surface area contributed by atoms with E-state index in [1.807, 2.05) is 4.90 Å². The first-order valence-corrected chi connectivity index (χ1v) is 8.19. The predicted molar refractivity (Wildman–Crippen MR) is 79.0 cm³/mol. The van der Waals surface area contributed by atoms with Gasteiger partial charge in [0.05, 0.1) is 17.5 Å². The highest BCUT2D eigenvalue weighted by Crippen LogP contribution is 2.33. The highest BCUT2D eigenvalue weighted by atomic mass is 32.2. The number of nitrogen functional groups attached to an aromatic ring is 1. The fraction of sp³-hybridized carbons (Fsp3) is 0.538. The molecule has 0 spiro atoms. The van der Waals surface area contributed by atoms with Gasteiger partial charge in [-0.1, -0.05) is 0 Å². The van der Waals surface area contributed by atoms with Crippen LogP contribution in [-0.2, 0) is 10.0 Å². The van der Waals surface area contributed by atoms with Crippen LogP contribution in [0.5, 0.6) is 0 Å². The van der Waals surface area contributed by atoms with Crippen LogP contribution < -0.4 is 15.8 Å². The Bertz CT molecular complexity index is 601. The van der Waals surface area contributed by atoms with Crippen molar-refractivity contribution >= 4 is 21.4 Å². The molecule has 0 aromatic heterocycles. The van der Waals surface area contributed by atoms with Gasteiger partial charge in [0, 0.05) is 17.9 Å². The topological polar surface area (TPSA) is 110 Å². The first-order valence-electron chi connectivity index (χ1n) is 6.65. The Balaban J connectivity index is 2.53. The lowest BCUT2D eigenvalue weighted by Crippen LogP contribution is -2.42. The van der Waals surface area contributed by atoms with Crippen LogP contribution in [0.4, 0.5) is 11.4 Å². The van der Waals surface area contributed by atoms with Crippen molar-refractivity contribution in [3.05, 3.63) is 17.7 Å². The average molecular weight is 299 g/mol. The summed E-state index contributed by atoms with van der Waals surface area (Å²) in [6.45, 7) is 2.54. The molecule has 7 heteroatoms. The summed E-state index contributed by atoms with van der Waals surface area (Å²) in [7, 11) is -3.81. The van der Waals surface area contributed by atoms with E-state index < -0.39 is 10.0 Å². The zero-order chi connectivity index (χ0) is 14.9. The molecule has 1 unspecified atom stereocenters. The van der Waals surface area contributed by atoms with Gasteiger partial charge in [-0.3, -0.25) is 0 Å². The van der Waals surface area contributed by atoms with Crippen LogP contribution in [0.3, 0.4) is 0 Å². The highest BCUT2D eigenvalue weighted by molar-refractivity contribution is 7.89. The Labute approximate surface area is 119 Å². The van der Waals surface area contributed by atoms with Crippen molar-refractivity contribution in [2.24, 2.45) is 5.14 Å². The molecule has 1 aliphatic rings. The zero-order valence-corrected chi connectivity index (χ0v) is 12.4. The number of primary sulfonamides is 1. The molecule has 1 aromatic rings. The first kappa shape index (κ1) is 15.1. The number of nitrogens with two attached hydrogens (primary N) is 2. The first-order chi connectivity index (χ1) is 9.34. The third-order valence-corrected chi connectivity index (χ3v) is 4.85. The number of hydrogen-bond donors (Lipinski definition) is 3. The molecule has 6 nitrogen and oxygen atoms in total. The summed E-state index contributed by atoms with van der Waals surface area (Å²) in [5, 5.41) is 14.7. The molecule has 2 rings (SSSR count). The molecule has 0 amide bonds. The molecule has 1 saturated heterocycles. The second-order valence-electron chi connectivity index (χ2n) is 5.23. The summed E-state index contributed by atoms with van der Waals surface area (Å²) in [6, 6.07) is 3.13. The average Bonchev–Trinajstić information content (AvgIpc) is 2.39. The summed E-state index contributed by atoms with van der Waals surface area (Å²) in [5.41, 5.74) is 7.50. The van der Waals surface area contributed by atoms with Crippen LogP contribution >= 0.6 is 0 Å². The van der Waals surface area contributed by atoms with Crippen molar-refractivity contribution in [3.63, 3.8) is 0 Å². The molecule has 5 N–H and O–H groups in total. The van der Waals surface area contributed by atoms with Gasteiger partial charge in [0.2, 0.25) is 10.0 Å². The van der Waals surface area contributed by atoms with Gasteiger partial charge in [-0.05, 0) is 43.9 Å². The van der Waals surface area contributed by atoms with Gasteiger partial charge >= 0.3 is 0 Å². The second kappa shape index (κ2) is 5.59. The lowest BCUT2D eigenvalue weighted by atomic mass is 10.0. The number of rotatable bonds is 3. The molecule has 1 atom stereocenters. The van der Waals surface area contributed by atoms with E-state index in [9.17, 15) is 13.5 Å². The van der Waals surface area contributed by atoms with Crippen molar-refractivity contribution in [1.29, 1.82) is 0 Å². The second-order valence-corrected chi connectivity index (χ2v) is 6.76. The monoisotopic (exact) mass is 299 g/mol. The number of piperidine rings is 1. The predicted octanol–water partition coefficient (Wildman–Crippen LogP) is 0.576. The molecule has 1 aliphatic heterocycles. The quantitative estimate of drug-likeness (QED) is 0.707. The van der Waals surface area contributed by atoms with Crippen LogP contribution in [0.25, 0.3) is 0 Å². The van der Waals surface area contributed by atoms with Crippen LogP contribution in [0, 0.1) is 6.92 Å². The number of nitrogens with zero attached hydrogens (tertiary/aromatic N) is 1. The van der Waals surface area contributed by atoms with Gasteiger partial charge in [0.15, 0.2) is 0 Å². The van der Waals surface area contributed by atoms with Gasteiger partial charge in [-0.15, -0.1) is 0 Å². The molecule has 0 bridgehead atoms. The van der Waals surface area contributed by atoms with Crippen molar-refractivity contribution < 1.29 is 13.5 Å². The SMILES string of the molecule is Cc1c(N2CCCCC2CO)cc(N)cc1S(N)(=O)=O. The molecular formula is C13H21N3O3S. The summed E-state index contributed by atoms with van der Waals surface area (Å²) in [4.78, 5) is 2.08. The van der Waals surface area contributed by atoms with Crippen LogP contribution in [-0.4, -0.2) is 32.7 Å². The number of hydrogen-bond acceptors (Lipinski definition) is 5. The summed E-state index contributed by atoms with van der Waals surface area (Å²) in [5.74, 6) is 0. The number of sulfonamides is 1. The maximum atomic E-state index is 11.6. The molecule has 0 aliphatic carbocycles. The summed E-state index contributed by atoms with van der Waals surface area (Å²) >= 11 is 0. The molecule has 20 heavy (non-hydrogen) atoms. The van der Waals surface area contributed by atoms with Gasteiger partial charge in [0.1, 0.15) is 0 Å². The molecule has 0 saturated carbocycles. The van der Waals surface area contributed by atoms with Gasteiger partial charge < -0.3 is 15.7 Å². The fourth-order valence-electron chi connectivity index (χ4n) is 2.80. The van der Waals surface area contributed by atoms with E-state index in [0.29, 0.717) is 11.3 Å². The fourth-order valence-corrected chi connectivity index (χ4v) is 3.63. The van der Waals surface area contributed by atoms with E-state index in [0.717, 1.165) is 31.5 Å². The van der Waals surface area contributed by atoms with Gasteiger partial charge in [0.25, 0.3) is 0 Å². The van der Waals surface area contributed by atoms with Crippen LogP contribution in [0.2, 0.25) is 0 Å². The Kier molecular flexibility index (Phi) is 4.22. The number of anilines is 2. The Morgan fingerprint density at radius 3 is 2.70 bits per heavy atom. The van der Waals surface area contributed by atoms with E-state index in [1.165, 1.54) is 6.07 Å². The van der Waals surface area contributed by atoms with Crippen LogP contribution in [0.1, 0.15) is 24.8 Å². The number of aliphatic hydroxyl groups excluding tert-OH is 1. The van der Waals surface area contributed by atoms with Crippen molar-refractivity contribution in [2.75, 3.05) is 23.8 Å². The molecular weight excluding hydrogens is 278 g/mol.